The van der Waals surface area contributed by atoms with E-state index >= 15 is 0 Å². The maximum absolute atomic E-state index is 8.98. The van der Waals surface area contributed by atoms with Crippen molar-refractivity contribution in [1.82, 2.24) is 9.97 Å². The highest BCUT2D eigenvalue weighted by atomic mass is 79.9. The molecule has 1 aromatic rings. The number of hydrogen-bond donors (Lipinski definition) is 1. The molecule has 4 nitrogen and oxygen atoms in total. The Balaban J connectivity index is 2.07. The molecule has 1 N–H and O–H groups in total. The quantitative estimate of drug-likeness (QED) is 0.921. The van der Waals surface area contributed by atoms with Crippen LogP contribution in [0.5, 0.6) is 0 Å². The molecule has 88 valence electrons. The van der Waals surface area contributed by atoms with E-state index in [9.17, 15) is 0 Å². The second kappa shape index (κ2) is 5.59. The standard InChI is InChI=1S/C11H16BrN3O/c12-10-6-13-8-14-11(10)15-4-1-2-9(7-15)3-5-16/h6,8-9,16H,1-5,7H2. The molecule has 0 saturated carbocycles. The predicted octanol–water partition coefficient (Wildman–Crippen LogP) is 1.84. The van der Waals surface area contributed by atoms with Crippen LogP contribution in [0.15, 0.2) is 17.0 Å². The minimum Gasteiger partial charge on any atom is -0.396 e. The summed E-state index contributed by atoms with van der Waals surface area (Å²) in [4.78, 5) is 10.5. The van der Waals surface area contributed by atoms with E-state index in [1.54, 1.807) is 12.5 Å². The third kappa shape index (κ3) is 2.71. The second-order valence-corrected chi connectivity index (χ2v) is 5.02. The Bertz CT molecular complexity index is 346. The SMILES string of the molecule is OCCC1CCCN(c2ncncc2Br)C1. The number of halogens is 1. The second-order valence-electron chi connectivity index (χ2n) is 4.16. The Labute approximate surface area is 104 Å². The third-order valence-electron chi connectivity index (χ3n) is 3.00. The number of nitrogens with zero attached hydrogens (tertiary/aromatic N) is 3. The van der Waals surface area contributed by atoms with Crippen molar-refractivity contribution in [3.05, 3.63) is 17.0 Å². The smallest absolute Gasteiger partial charge is 0.146 e. The number of aromatic nitrogens is 2. The normalized spacial score (nSPS) is 21.1. The van der Waals surface area contributed by atoms with Crippen molar-refractivity contribution in [2.75, 3.05) is 24.6 Å². The van der Waals surface area contributed by atoms with E-state index in [0.29, 0.717) is 5.92 Å². The van der Waals surface area contributed by atoms with Crippen LogP contribution in [0.25, 0.3) is 0 Å². The summed E-state index contributed by atoms with van der Waals surface area (Å²) < 4.78 is 0.944. The van der Waals surface area contributed by atoms with Gasteiger partial charge in [-0.3, -0.25) is 0 Å². The van der Waals surface area contributed by atoms with Crippen molar-refractivity contribution in [2.45, 2.75) is 19.3 Å². The summed E-state index contributed by atoms with van der Waals surface area (Å²) in [6, 6.07) is 0. The molecule has 2 rings (SSSR count). The average Bonchev–Trinajstić information content (AvgIpc) is 2.30. The van der Waals surface area contributed by atoms with Crippen molar-refractivity contribution >= 4 is 21.7 Å². The van der Waals surface area contributed by atoms with Gasteiger partial charge in [-0.25, -0.2) is 9.97 Å². The maximum atomic E-state index is 8.98. The van der Waals surface area contributed by atoms with Crippen molar-refractivity contribution < 1.29 is 5.11 Å². The Morgan fingerprint density at radius 1 is 1.56 bits per heavy atom. The van der Waals surface area contributed by atoms with E-state index in [-0.39, 0.29) is 6.61 Å². The topological polar surface area (TPSA) is 49.2 Å². The third-order valence-corrected chi connectivity index (χ3v) is 3.56. The molecule has 1 saturated heterocycles. The van der Waals surface area contributed by atoms with Gasteiger partial charge in [0.05, 0.1) is 4.47 Å². The van der Waals surface area contributed by atoms with Crippen LogP contribution >= 0.6 is 15.9 Å². The summed E-state index contributed by atoms with van der Waals surface area (Å²) in [6.07, 6.45) is 6.62. The Morgan fingerprint density at radius 3 is 3.19 bits per heavy atom. The summed E-state index contributed by atoms with van der Waals surface area (Å²) in [7, 11) is 0. The van der Waals surface area contributed by atoms with E-state index in [1.165, 1.54) is 12.8 Å². The lowest BCUT2D eigenvalue weighted by Gasteiger charge is -2.33. The molecule has 16 heavy (non-hydrogen) atoms. The Morgan fingerprint density at radius 2 is 2.44 bits per heavy atom. The predicted molar refractivity (Wildman–Crippen MR) is 66.4 cm³/mol. The van der Waals surface area contributed by atoms with Gasteiger partial charge in [0.2, 0.25) is 0 Å². The van der Waals surface area contributed by atoms with E-state index < -0.39 is 0 Å². The lowest BCUT2D eigenvalue weighted by Crippen LogP contribution is -2.36. The van der Waals surface area contributed by atoms with Crippen LogP contribution in [0.3, 0.4) is 0 Å². The van der Waals surface area contributed by atoms with Crippen LogP contribution < -0.4 is 4.90 Å². The molecule has 1 fully saturated rings. The fraction of sp³-hybridized carbons (Fsp3) is 0.636. The van der Waals surface area contributed by atoms with Gasteiger partial charge in [0.1, 0.15) is 12.1 Å². The van der Waals surface area contributed by atoms with Crippen molar-refractivity contribution in [2.24, 2.45) is 5.92 Å². The first-order valence-corrected chi connectivity index (χ1v) is 6.42. The van der Waals surface area contributed by atoms with E-state index in [2.05, 4.69) is 30.8 Å². The van der Waals surface area contributed by atoms with Gasteiger partial charge in [-0.2, -0.15) is 0 Å². The van der Waals surface area contributed by atoms with Gasteiger partial charge >= 0.3 is 0 Å². The monoisotopic (exact) mass is 285 g/mol. The van der Waals surface area contributed by atoms with Crippen LogP contribution in [-0.4, -0.2) is 34.8 Å². The number of aliphatic hydroxyl groups is 1. The highest BCUT2D eigenvalue weighted by Gasteiger charge is 2.21. The van der Waals surface area contributed by atoms with Gasteiger partial charge in [0, 0.05) is 25.9 Å². The molecule has 1 unspecified atom stereocenters. The molecule has 5 heteroatoms. The zero-order valence-electron chi connectivity index (χ0n) is 9.14. The highest BCUT2D eigenvalue weighted by Crippen LogP contribution is 2.27. The van der Waals surface area contributed by atoms with Gasteiger partial charge in [0.15, 0.2) is 0 Å². The van der Waals surface area contributed by atoms with E-state index in [0.717, 1.165) is 29.8 Å². The maximum Gasteiger partial charge on any atom is 0.146 e. The average molecular weight is 286 g/mol. The van der Waals surface area contributed by atoms with Crippen LogP contribution in [0.1, 0.15) is 19.3 Å². The lowest BCUT2D eigenvalue weighted by molar-refractivity contribution is 0.244. The van der Waals surface area contributed by atoms with Crippen LogP contribution in [-0.2, 0) is 0 Å². The fourth-order valence-corrected chi connectivity index (χ4v) is 2.69. The highest BCUT2D eigenvalue weighted by molar-refractivity contribution is 9.10. The molecule has 0 aliphatic carbocycles. The lowest BCUT2D eigenvalue weighted by atomic mass is 9.95. The van der Waals surface area contributed by atoms with E-state index in [4.69, 9.17) is 5.11 Å². The molecule has 2 heterocycles. The first-order chi connectivity index (χ1) is 7.81. The largest absolute Gasteiger partial charge is 0.396 e. The van der Waals surface area contributed by atoms with Crippen LogP contribution in [0.2, 0.25) is 0 Å². The first-order valence-electron chi connectivity index (χ1n) is 5.62. The summed E-state index contributed by atoms with van der Waals surface area (Å²) >= 11 is 3.47. The fourth-order valence-electron chi connectivity index (χ4n) is 2.21. The number of rotatable bonds is 3. The Kier molecular flexibility index (Phi) is 4.12. The zero-order chi connectivity index (χ0) is 11.4. The van der Waals surface area contributed by atoms with Crippen molar-refractivity contribution in [3.63, 3.8) is 0 Å². The molecule has 0 aromatic carbocycles. The zero-order valence-corrected chi connectivity index (χ0v) is 10.7. The number of piperidine rings is 1. The summed E-state index contributed by atoms with van der Waals surface area (Å²) in [5, 5.41) is 8.98. The number of aliphatic hydroxyl groups excluding tert-OH is 1. The summed E-state index contributed by atoms with van der Waals surface area (Å²) in [5.74, 6) is 1.55. The summed E-state index contributed by atoms with van der Waals surface area (Å²) in [5.41, 5.74) is 0. The molecular formula is C11H16BrN3O. The molecule has 0 amide bonds. The van der Waals surface area contributed by atoms with Crippen LogP contribution in [0.4, 0.5) is 5.82 Å². The molecule has 0 spiro atoms. The van der Waals surface area contributed by atoms with Gasteiger partial charge < -0.3 is 10.0 Å². The van der Waals surface area contributed by atoms with Gasteiger partial charge in [-0.05, 0) is 41.1 Å². The molecule has 0 bridgehead atoms. The van der Waals surface area contributed by atoms with Gasteiger partial charge in [0.25, 0.3) is 0 Å². The molecule has 1 aliphatic rings. The van der Waals surface area contributed by atoms with Gasteiger partial charge in [-0.15, -0.1) is 0 Å². The van der Waals surface area contributed by atoms with Crippen LogP contribution in [0, 0.1) is 5.92 Å². The van der Waals surface area contributed by atoms with E-state index in [1.807, 2.05) is 0 Å². The minimum absolute atomic E-state index is 0.281. The molecular weight excluding hydrogens is 270 g/mol. The molecule has 1 aromatic heterocycles. The number of anilines is 1. The molecule has 1 atom stereocenters. The number of hydrogen-bond acceptors (Lipinski definition) is 4. The minimum atomic E-state index is 0.281. The van der Waals surface area contributed by atoms with Crippen molar-refractivity contribution in [1.29, 1.82) is 0 Å². The molecule has 1 aliphatic heterocycles. The van der Waals surface area contributed by atoms with Crippen molar-refractivity contribution in [3.8, 4) is 0 Å². The first kappa shape index (κ1) is 11.8. The summed E-state index contributed by atoms with van der Waals surface area (Å²) in [6.45, 7) is 2.30. The van der Waals surface area contributed by atoms with Gasteiger partial charge in [-0.1, -0.05) is 0 Å². The Hall–Kier alpha value is -0.680. The molecule has 0 radical (unpaired) electrons.